The molecule has 0 radical (unpaired) electrons. The van der Waals surface area contributed by atoms with Gasteiger partial charge in [-0.05, 0) is 61.2 Å². The van der Waals surface area contributed by atoms with Gasteiger partial charge in [0.2, 0.25) is 0 Å². The van der Waals surface area contributed by atoms with Gasteiger partial charge in [-0.2, -0.15) is 0 Å². The fourth-order valence-electron chi connectivity index (χ4n) is 3.48. The minimum absolute atomic E-state index is 0.0902. The van der Waals surface area contributed by atoms with E-state index in [1.807, 2.05) is 42.5 Å². The van der Waals surface area contributed by atoms with E-state index in [0.717, 1.165) is 43.4 Å². The molecule has 0 fully saturated rings. The summed E-state index contributed by atoms with van der Waals surface area (Å²) in [6.45, 7) is 2.12. The highest BCUT2D eigenvalue weighted by Crippen LogP contribution is 2.21. The van der Waals surface area contributed by atoms with Crippen LogP contribution >= 0.6 is 0 Å². The van der Waals surface area contributed by atoms with Gasteiger partial charge in [-0.3, -0.25) is 9.13 Å². The number of ether oxygens (including phenoxy) is 1. The average Bonchev–Trinajstić information content (AvgIpc) is 2.99. The molecule has 1 unspecified atom stereocenters. The molecule has 2 aromatic carbocycles. The quantitative estimate of drug-likeness (QED) is 0.420. The summed E-state index contributed by atoms with van der Waals surface area (Å²) in [6, 6.07) is 13.3. The molecule has 3 N–H and O–H groups in total. The second kappa shape index (κ2) is 10.4. The Labute approximate surface area is 176 Å². The summed E-state index contributed by atoms with van der Waals surface area (Å²) in [5.74, 6) is 0.703. The molecule has 0 aliphatic heterocycles. The van der Waals surface area contributed by atoms with E-state index in [1.165, 1.54) is 5.56 Å². The molecule has 7 heteroatoms. The first-order valence-corrected chi connectivity index (χ1v) is 10.4. The lowest BCUT2D eigenvalue weighted by molar-refractivity contribution is 0.108. The molecule has 0 aliphatic rings. The molecule has 0 saturated heterocycles. The molecular formula is C23H31N3O4. The first-order chi connectivity index (χ1) is 14.5. The second-order valence-electron chi connectivity index (χ2n) is 7.58. The minimum Gasteiger partial charge on any atom is -0.491 e. The van der Waals surface area contributed by atoms with Crippen molar-refractivity contribution in [1.29, 1.82) is 0 Å². The normalized spacial score (nSPS) is 12.4. The van der Waals surface area contributed by atoms with E-state index < -0.39 is 6.10 Å². The number of nitrogens with one attached hydrogen (secondary N) is 1. The Morgan fingerprint density at radius 2 is 1.73 bits per heavy atom. The molecule has 1 heterocycles. The highest BCUT2D eigenvalue weighted by molar-refractivity contribution is 5.76. The molecule has 0 amide bonds. The Morgan fingerprint density at radius 3 is 2.47 bits per heavy atom. The molecule has 0 aliphatic carbocycles. The van der Waals surface area contributed by atoms with Crippen molar-refractivity contribution >= 4 is 11.0 Å². The Bertz CT molecular complexity index is 1010. The van der Waals surface area contributed by atoms with Crippen LogP contribution < -0.4 is 15.7 Å². The van der Waals surface area contributed by atoms with Gasteiger partial charge in [-0.25, -0.2) is 4.79 Å². The Balaban J connectivity index is 1.51. The number of aliphatic hydroxyl groups is 2. The van der Waals surface area contributed by atoms with Crippen molar-refractivity contribution in [2.24, 2.45) is 14.1 Å². The molecule has 3 aromatic rings. The monoisotopic (exact) mass is 413 g/mol. The number of hydrogen-bond acceptors (Lipinski definition) is 5. The summed E-state index contributed by atoms with van der Waals surface area (Å²) < 4.78 is 8.92. The van der Waals surface area contributed by atoms with Crippen LogP contribution in [0.15, 0.2) is 47.3 Å². The highest BCUT2D eigenvalue weighted by Gasteiger charge is 2.13. The van der Waals surface area contributed by atoms with E-state index in [1.54, 1.807) is 23.2 Å². The summed E-state index contributed by atoms with van der Waals surface area (Å²) >= 11 is 0. The van der Waals surface area contributed by atoms with Crippen molar-refractivity contribution in [1.82, 2.24) is 14.5 Å². The van der Waals surface area contributed by atoms with Gasteiger partial charge < -0.3 is 20.3 Å². The van der Waals surface area contributed by atoms with Crippen molar-refractivity contribution < 1.29 is 14.9 Å². The Kier molecular flexibility index (Phi) is 7.68. The zero-order valence-electron chi connectivity index (χ0n) is 17.7. The fourth-order valence-corrected chi connectivity index (χ4v) is 3.48. The Morgan fingerprint density at radius 1 is 1.00 bits per heavy atom. The van der Waals surface area contributed by atoms with Crippen LogP contribution in [-0.2, 0) is 20.6 Å². The number of aromatic nitrogens is 2. The van der Waals surface area contributed by atoms with Crippen LogP contribution in [0.4, 0.5) is 0 Å². The lowest BCUT2D eigenvalue weighted by Crippen LogP contribution is -2.19. The van der Waals surface area contributed by atoms with Crippen LogP contribution in [0.3, 0.4) is 0 Å². The van der Waals surface area contributed by atoms with Crippen LogP contribution in [-0.4, -0.2) is 39.1 Å². The number of benzene rings is 2. The fraction of sp³-hybridized carbons (Fsp3) is 0.435. The zero-order chi connectivity index (χ0) is 21.5. The largest absolute Gasteiger partial charge is 0.491 e. The van der Waals surface area contributed by atoms with Crippen LogP contribution in [0.1, 0.15) is 36.5 Å². The van der Waals surface area contributed by atoms with Crippen molar-refractivity contribution in [3.05, 3.63) is 64.1 Å². The van der Waals surface area contributed by atoms with E-state index in [0.29, 0.717) is 11.3 Å². The first kappa shape index (κ1) is 22.1. The van der Waals surface area contributed by atoms with Crippen molar-refractivity contribution in [3.8, 4) is 5.75 Å². The number of unbranched alkanes of at least 4 members (excludes halogenated alkanes) is 2. The lowest BCUT2D eigenvalue weighted by Gasteiger charge is -2.13. The molecule has 7 nitrogen and oxygen atoms in total. The summed E-state index contributed by atoms with van der Waals surface area (Å²) in [4.78, 5) is 12.1. The van der Waals surface area contributed by atoms with Crippen LogP contribution in [0, 0.1) is 0 Å². The van der Waals surface area contributed by atoms with Crippen LogP contribution in [0.2, 0.25) is 0 Å². The third kappa shape index (κ3) is 5.30. The third-order valence-corrected chi connectivity index (χ3v) is 5.35. The number of aliphatic hydroxyl groups excluding tert-OH is 2. The molecule has 162 valence electrons. The van der Waals surface area contributed by atoms with E-state index in [4.69, 9.17) is 9.84 Å². The predicted molar refractivity (Wildman–Crippen MR) is 118 cm³/mol. The smallest absolute Gasteiger partial charge is 0.328 e. The van der Waals surface area contributed by atoms with Crippen LogP contribution in [0.25, 0.3) is 11.0 Å². The maximum absolute atomic E-state index is 12.1. The maximum Gasteiger partial charge on any atom is 0.328 e. The molecule has 3 rings (SSSR count). The maximum atomic E-state index is 12.1. The van der Waals surface area contributed by atoms with Gasteiger partial charge in [0.15, 0.2) is 0 Å². The number of imidazole rings is 1. The molecule has 1 aromatic heterocycles. The predicted octanol–water partition coefficient (Wildman–Crippen LogP) is 2.24. The number of aryl methyl sites for hydroxylation is 2. The first-order valence-electron chi connectivity index (χ1n) is 10.4. The van der Waals surface area contributed by atoms with Gasteiger partial charge in [0, 0.05) is 27.2 Å². The molecule has 1 atom stereocenters. The SMILES string of the molecule is Cn1c(=O)n(C)c2cc(C(O)COc3ccc(CNCCCCCO)cc3)ccc21. The van der Waals surface area contributed by atoms with Gasteiger partial charge >= 0.3 is 5.69 Å². The molecule has 30 heavy (non-hydrogen) atoms. The van der Waals surface area contributed by atoms with E-state index in [2.05, 4.69) is 5.32 Å². The summed E-state index contributed by atoms with van der Waals surface area (Å²) in [7, 11) is 3.46. The molecule has 0 spiro atoms. The standard InChI is InChI=1S/C23H31N3O4/c1-25-20-11-8-18(14-21(20)26(2)23(25)29)22(28)16-30-19-9-6-17(7-10-19)15-24-12-4-3-5-13-27/h6-11,14,22,24,27-28H,3-5,12-13,15-16H2,1-2H3. The molecule has 0 bridgehead atoms. The van der Waals surface area contributed by atoms with Crippen LogP contribution in [0.5, 0.6) is 5.75 Å². The Hall–Kier alpha value is -2.61. The van der Waals surface area contributed by atoms with Gasteiger partial charge in [-0.1, -0.05) is 18.2 Å². The number of nitrogens with zero attached hydrogens (tertiary/aromatic N) is 2. The topological polar surface area (TPSA) is 88.7 Å². The zero-order valence-corrected chi connectivity index (χ0v) is 17.7. The van der Waals surface area contributed by atoms with Crippen molar-refractivity contribution in [3.63, 3.8) is 0 Å². The van der Waals surface area contributed by atoms with E-state index in [-0.39, 0.29) is 18.9 Å². The lowest BCUT2D eigenvalue weighted by atomic mass is 10.1. The van der Waals surface area contributed by atoms with E-state index in [9.17, 15) is 9.90 Å². The van der Waals surface area contributed by atoms with Crippen molar-refractivity contribution in [2.75, 3.05) is 19.8 Å². The summed E-state index contributed by atoms with van der Waals surface area (Å²) in [5, 5.41) is 22.7. The van der Waals surface area contributed by atoms with Crippen molar-refractivity contribution in [2.45, 2.75) is 31.9 Å². The third-order valence-electron chi connectivity index (χ3n) is 5.35. The number of fused-ring (bicyclic) bond motifs is 1. The van der Waals surface area contributed by atoms with Gasteiger partial charge in [-0.15, -0.1) is 0 Å². The number of rotatable bonds is 11. The van der Waals surface area contributed by atoms with Gasteiger partial charge in [0.25, 0.3) is 0 Å². The summed E-state index contributed by atoms with van der Waals surface area (Å²) in [5.41, 5.74) is 3.41. The molecular weight excluding hydrogens is 382 g/mol. The summed E-state index contributed by atoms with van der Waals surface area (Å²) in [6.07, 6.45) is 2.16. The van der Waals surface area contributed by atoms with E-state index >= 15 is 0 Å². The second-order valence-corrected chi connectivity index (χ2v) is 7.58. The minimum atomic E-state index is -0.787. The van der Waals surface area contributed by atoms with Gasteiger partial charge in [0.1, 0.15) is 18.5 Å². The van der Waals surface area contributed by atoms with Gasteiger partial charge in [0.05, 0.1) is 11.0 Å². The highest BCUT2D eigenvalue weighted by atomic mass is 16.5. The number of hydrogen-bond donors (Lipinski definition) is 3. The molecule has 0 saturated carbocycles. The average molecular weight is 414 g/mol.